The van der Waals surface area contributed by atoms with Crippen molar-refractivity contribution in [3.63, 3.8) is 0 Å². The smallest absolute Gasteiger partial charge is 0.255 e. The number of anilines is 1. The maximum Gasteiger partial charge on any atom is 0.255 e. The number of rotatable bonds is 2. The Bertz CT molecular complexity index is 795. The Labute approximate surface area is 114 Å². The van der Waals surface area contributed by atoms with Gasteiger partial charge < -0.3 is 5.32 Å². The van der Waals surface area contributed by atoms with Crippen LogP contribution in [-0.4, -0.2) is 16.1 Å². The summed E-state index contributed by atoms with van der Waals surface area (Å²) < 4.78 is 13.4. The lowest BCUT2D eigenvalue weighted by molar-refractivity contribution is 0.102. The third-order valence-electron chi connectivity index (χ3n) is 3.13. The number of benzene rings is 2. The summed E-state index contributed by atoms with van der Waals surface area (Å²) in [5, 5.41) is 10.3. The molecule has 0 fully saturated rings. The fourth-order valence-electron chi connectivity index (χ4n) is 1.95. The molecule has 2 N–H and O–H groups in total. The van der Waals surface area contributed by atoms with Gasteiger partial charge in [-0.2, -0.15) is 5.10 Å². The second-order valence-corrected chi connectivity index (χ2v) is 4.59. The molecule has 0 aliphatic rings. The number of amides is 1. The number of aryl methyl sites for hydroxylation is 1. The molecule has 3 rings (SSSR count). The zero-order chi connectivity index (χ0) is 14.1. The summed E-state index contributed by atoms with van der Waals surface area (Å²) in [6, 6.07) is 9.83. The molecule has 1 heterocycles. The fourth-order valence-corrected chi connectivity index (χ4v) is 1.95. The molecule has 2 aromatic carbocycles. The van der Waals surface area contributed by atoms with E-state index in [1.807, 2.05) is 6.07 Å². The zero-order valence-corrected chi connectivity index (χ0v) is 10.8. The highest BCUT2D eigenvalue weighted by Gasteiger charge is 2.08. The Hall–Kier alpha value is -2.69. The van der Waals surface area contributed by atoms with Crippen LogP contribution in [0.3, 0.4) is 0 Å². The first-order valence-electron chi connectivity index (χ1n) is 6.14. The van der Waals surface area contributed by atoms with Gasteiger partial charge in [0, 0.05) is 16.6 Å². The van der Waals surface area contributed by atoms with Crippen LogP contribution in [0.5, 0.6) is 0 Å². The molecule has 1 aromatic heterocycles. The summed E-state index contributed by atoms with van der Waals surface area (Å²) >= 11 is 0. The average Bonchev–Trinajstić information content (AvgIpc) is 2.90. The van der Waals surface area contributed by atoms with Gasteiger partial charge in [0.25, 0.3) is 5.91 Å². The Kier molecular flexibility index (Phi) is 2.95. The number of aromatic amines is 1. The van der Waals surface area contributed by atoms with Gasteiger partial charge >= 0.3 is 0 Å². The van der Waals surface area contributed by atoms with Crippen molar-refractivity contribution in [2.24, 2.45) is 0 Å². The predicted molar refractivity (Wildman–Crippen MR) is 75.2 cm³/mol. The van der Waals surface area contributed by atoms with Gasteiger partial charge in [0.15, 0.2) is 0 Å². The number of carbonyl (C=O) groups excluding carboxylic acids is 1. The number of hydrogen-bond acceptors (Lipinski definition) is 2. The van der Waals surface area contributed by atoms with E-state index in [1.54, 1.807) is 37.4 Å². The highest BCUT2D eigenvalue weighted by atomic mass is 19.1. The van der Waals surface area contributed by atoms with Gasteiger partial charge in [0.2, 0.25) is 0 Å². The molecular weight excluding hydrogens is 257 g/mol. The van der Waals surface area contributed by atoms with E-state index in [4.69, 9.17) is 0 Å². The maximum absolute atomic E-state index is 13.4. The summed E-state index contributed by atoms with van der Waals surface area (Å²) in [6.45, 7) is 1.67. The molecule has 0 unspecified atom stereocenters. The Morgan fingerprint density at radius 2 is 2.10 bits per heavy atom. The number of H-pyrrole nitrogens is 1. The fraction of sp³-hybridized carbons (Fsp3) is 0.0667. The third kappa shape index (κ3) is 2.25. The van der Waals surface area contributed by atoms with Crippen molar-refractivity contribution in [1.29, 1.82) is 0 Å². The molecule has 0 aliphatic carbocycles. The molecule has 20 heavy (non-hydrogen) atoms. The van der Waals surface area contributed by atoms with E-state index in [-0.39, 0.29) is 11.7 Å². The van der Waals surface area contributed by atoms with Crippen LogP contribution in [-0.2, 0) is 0 Å². The highest BCUT2D eigenvalue weighted by molar-refractivity contribution is 6.06. The second-order valence-electron chi connectivity index (χ2n) is 4.59. The topological polar surface area (TPSA) is 57.8 Å². The van der Waals surface area contributed by atoms with Crippen LogP contribution in [0.15, 0.2) is 42.6 Å². The largest absolute Gasteiger partial charge is 0.322 e. The molecule has 0 saturated heterocycles. The van der Waals surface area contributed by atoms with E-state index >= 15 is 0 Å². The molecule has 5 heteroatoms. The number of carbonyl (C=O) groups is 1. The van der Waals surface area contributed by atoms with Gasteiger partial charge in [0.1, 0.15) is 5.82 Å². The van der Waals surface area contributed by atoms with E-state index in [2.05, 4.69) is 15.5 Å². The molecule has 0 spiro atoms. The van der Waals surface area contributed by atoms with E-state index < -0.39 is 0 Å². The number of nitrogens with one attached hydrogen (secondary N) is 2. The van der Waals surface area contributed by atoms with Gasteiger partial charge in [0.05, 0.1) is 11.7 Å². The molecule has 0 radical (unpaired) electrons. The zero-order valence-electron chi connectivity index (χ0n) is 10.8. The second kappa shape index (κ2) is 4.77. The minimum absolute atomic E-state index is 0.287. The SMILES string of the molecule is Cc1ccc(NC(=O)c2ccc3cn[nH]c3c2)cc1F. The van der Waals surface area contributed by atoms with Crippen molar-refractivity contribution in [3.8, 4) is 0 Å². The quantitative estimate of drug-likeness (QED) is 0.750. The van der Waals surface area contributed by atoms with Crippen LogP contribution in [0.1, 0.15) is 15.9 Å². The van der Waals surface area contributed by atoms with Gasteiger partial charge in [-0.3, -0.25) is 9.89 Å². The normalized spacial score (nSPS) is 10.7. The van der Waals surface area contributed by atoms with Crippen molar-refractivity contribution in [3.05, 3.63) is 59.5 Å². The van der Waals surface area contributed by atoms with Gasteiger partial charge in [-0.15, -0.1) is 0 Å². The van der Waals surface area contributed by atoms with Crippen LogP contribution in [0.4, 0.5) is 10.1 Å². The lowest BCUT2D eigenvalue weighted by Crippen LogP contribution is -2.12. The first kappa shape index (κ1) is 12.3. The van der Waals surface area contributed by atoms with Crippen molar-refractivity contribution in [1.82, 2.24) is 10.2 Å². The minimum Gasteiger partial charge on any atom is -0.322 e. The number of nitrogens with zero attached hydrogens (tertiary/aromatic N) is 1. The lowest BCUT2D eigenvalue weighted by atomic mass is 10.1. The van der Waals surface area contributed by atoms with Gasteiger partial charge in [-0.1, -0.05) is 12.1 Å². The minimum atomic E-state index is -0.341. The van der Waals surface area contributed by atoms with Gasteiger partial charge in [-0.05, 0) is 36.8 Å². The Morgan fingerprint density at radius 1 is 1.25 bits per heavy atom. The van der Waals surface area contributed by atoms with E-state index in [0.29, 0.717) is 16.8 Å². The van der Waals surface area contributed by atoms with E-state index in [1.165, 1.54) is 6.07 Å². The van der Waals surface area contributed by atoms with Gasteiger partial charge in [-0.25, -0.2) is 4.39 Å². The van der Waals surface area contributed by atoms with Crippen LogP contribution < -0.4 is 5.32 Å². The van der Waals surface area contributed by atoms with Crippen molar-refractivity contribution in [2.45, 2.75) is 6.92 Å². The van der Waals surface area contributed by atoms with E-state index in [0.717, 1.165) is 10.9 Å². The summed E-state index contributed by atoms with van der Waals surface area (Å²) in [4.78, 5) is 12.1. The van der Waals surface area contributed by atoms with Crippen molar-refractivity contribution < 1.29 is 9.18 Å². The molecule has 4 nitrogen and oxygen atoms in total. The summed E-state index contributed by atoms with van der Waals surface area (Å²) in [5.41, 5.74) is 2.25. The van der Waals surface area contributed by atoms with E-state index in [9.17, 15) is 9.18 Å². The molecular formula is C15H12FN3O. The molecule has 1 amide bonds. The number of halogens is 1. The molecule has 0 saturated carbocycles. The average molecular weight is 269 g/mol. The Morgan fingerprint density at radius 3 is 2.90 bits per heavy atom. The summed E-state index contributed by atoms with van der Waals surface area (Å²) in [5.74, 6) is -0.628. The number of hydrogen-bond donors (Lipinski definition) is 2. The third-order valence-corrected chi connectivity index (χ3v) is 3.13. The Balaban J connectivity index is 1.86. The van der Waals surface area contributed by atoms with Crippen LogP contribution in [0, 0.1) is 12.7 Å². The molecule has 0 atom stereocenters. The predicted octanol–water partition coefficient (Wildman–Crippen LogP) is 3.26. The maximum atomic E-state index is 13.4. The molecule has 0 bridgehead atoms. The lowest BCUT2D eigenvalue weighted by Gasteiger charge is -2.06. The first-order valence-corrected chi connectivity index (χ1v) is 6.14. The highest BCUT2D eigenvalue weighted by Crippen LogP contribution is 2.17. The van der Waals surface area contributed by atoms with Crippen molar-refractivity contribution >= 4 is 22.5 Å². The molecule has 100 valence electrons. The number of aromatic nitrogens is 2. The first-order chi connectivity index (χ1) is 9.63. The van der Waals surface area contributed by atoms with Crippen molar-refractivity contribution in [2.75, 3.05) is 5.32 Å². The molecule has 3 aromatic rings. The van der Waals surface area contributed by atoms with Crippen LogP contribution >= 0.6 is 0 Å². The molecule has 0 aliphatic heterocycles. The summed E-state index contributed by atoms with van der Waals surface area (Å²) in [6.07, 6.45) is 1.69. The van der Waals surface area contributed by atoms with Crippen LogP contribution in [0.2, 0.25) is 0 Å². The summed E-state index contributed by atoms with van der Waals surface area (Å²) in [7, 11) is 0. The van der Waals surface area contributed by atoms with Crippen LogP contribution in [0.25, 0.3) is 10.9 Å². The number of fused-ring (bicyclic) bond motifs is 1. The monoisotopic (exact) mass is 269 g/mol. The standard InChI is InChI=1S/C15H12FN3O/c1-9-2-5-12(7-13(9)16)18-15(20)10-3-4-11-8-17-19-14(11)6-10/h2-8H,1H3,(H,17,19)(H,18,20).